The third kappa shape index (κ3) is 3.73. The van der Waals surface area contributed by atoms with E-state index in [1.165, 1.54) is 5.57 Å². The van der Waals surface area contributed by atoms with Gasteiger partial charge >= 0.3 is 5.97 Å². The van der Waals surface area contributed by atoms with Gasteiger partial charge in [0.1, 0.15) is 12.3 Å². The summed E-state index contributed by atoms with van der Waals surface area (Å²) < 4.78 is 0. The topological polar surface area (TPSA) is 107 Å². The van der Waals surface area contributed by atoms with Crippen molar-refractivity contribution in [3.8, 4) is 0 Å². The van der Waals surface area contributed by atoms with Crippen LogP contribution in [-0.4, -0.2) is 40.8 Å². The van der Waals surface area contributed by atoms with Gasteiger partial charge in [0.25, 0.3) is 0 Å². The maximum atomic E-state index is 11.9. The lowest BCUT2D eigenvalue weighted by Gasteiger charge is -2.39. The molecule has 0 saturated carbocycles. The summed E-state index contributed by atoms with van der Waals surface area (Å²) in [4.78, 5) is 24.3. The monoisotopic (exact) mass is 341 g/mol. The molecule has 6 nitrogen and oxygen atoms in total. The number of amides is 1. The molecule has 1 aromatic rings. The molecule has 25 heavy (non-hydrogen) atoms. The molecule has 4 N–H and O–H groups in total. The number of aliphatic carboxylic acids is 1. The van der Waals surface area contributed by atoms with E-state index in [2.05, 4.69) is 6.08 Å². The molecule has 0 radical (unpaired) electrons. The lowest BCUT2D eigenvalue weighted by Crippen LogP contribution is -2.43. The summed E-state index contributed by atoms with van der Waals surface area (Å²) in [6.45, 7) is 1.27. The van der Waals surface area contributed by atoms with Crippen molar-refractivity contribution in [1.29, 1.82) is 5.41 Å². The highest BCUT2D eigenvalue weighted by Gasteiger charge is 2.39. The Hall–Kier alpha value is -2.63. The van der Waals surface area contributed by atoms with Crippen LogP contribution in [0.3, 0.4) is 0 Å². The molecule has 3 rings (SSSR count). The molecule has 1 fully saturated rings. The summed E-state index contributed by atoms with van der Waals surface area (Å²) in [5, 5.41) is 16.2. The van der Waals surface area contributed by atoms with E-state index in [-0.39, 0.29) is 17.2 Å². The van der Waals surface area contributed by atoms with E-state index < -0.39 is 12.4 Å². The Kier molecular flexibility index (Phi) is 4.61. The molecular weight excluding hydrogens is 318 g/mol. The first kappa shape index (κ1) is 17.2. The van der Waals surface area contributed by atoms with Crippen molar-refractivity contribution in [2.24, 2.45) is 11.1 Å². The number of benzene rings is 1. The van der Waals surface area contributed by atoms with E-state index in [4.69, 9.17) is 16.2 Å². The van der Waals surface area contributed by atoms with Crippen LogP contribution >= 0.6 is 0 Å². The van der Waals surface area contributed by atoms with Crippen LogP contribution < -0.4 is 5.73 Å². The van der Waals surface area contributed by atoms with Gasteiger partial charge in [-0.3, -0.25) is 15.0 Å². The van der Waals surface area contributed by atoms with E-state index >= 15 is 0 Å². The Morgan fingerprint density at radius 1 is 1.20 bits per heavy atom. The van der Waals surface area contributed by atoms with Crippen LogP contribution in [0.5, 0.6) is 0 Å². The van der Waals surface area contributed by atoms with Gasteiger partial charge in [-0.05, 0) is 42.2 Å². The number of nitrogens with one attached hydrogen (secondary N) is 1. The largest absolute Gasteiger partial charge is 0.481 e. The predicted molar refractivity (Wildman–Crippen MR) is 95.2 cm³/mol. The fourth-order valence-electron chi connectivity index (χ4n) is 3.82. The van der Waals surface area contributed by atoms with E-state index in [1.54, 1.807) is 4.90 Å². The fourth-order valence-corrected chi connectivity index (χ4v) is 3.82. The number of carbonyl (C=O) groups excluding carboxylic acids is 1. The summed E-state index contributed by atoms with van der Waals surface area (Å²) in [6.07, 6.45) is 5.65. The minimum absolute atomic E-state index is 0.0711. The number of hydrogen-bond donors (Lipinski definition) is 3. The average Bonchev–Trinajstić information content (AvgIpc) is 2.98. The van der Waals surface area contributed by atoms with Gasteiger partial charge in [-0.1, -0.05) is 30.3 Å². The van der Waals surface area contributed by atoms with Crippen molar-refractivity contribution < 1.29 is 14.7 Å². The van der Waals surface area contributed by atoms with Crippen molar-refractivity contribution in [2.75, 3.05) is 13.1 Å². The van der Waals surface area contributed by atoms with Gasteiger partial charge in [0.2, 0.25) is 5.91 Å². The van der Waals surface area contributed by atoms with E-state index in [1.807, 2.05) is 24.3 Å². The Morgan fingerprint density at radius 2 is 1.84 bits per heavy atom. The molecule has 0 atom stereocenters. The number of allylic oxidation sites excluding steroid dienone is 2. The second-order valence-electron chi connectivity index (χ2n) is 7.05. The van der Waals surface area contributed by atoms with Gasteiger partial charge in [-0.15, -0.1) is 0 Å². The normalized spacial score (nSPS) is 18.9. The Bertz CT molecular complexity index is 729. The Labute approximate surface area is 146 Å². The number of nitrogen functional groups attached to an aromatic ring is 1. The first-order valence-electron chi connectivity index (χ1n) is 8.52. The zero-order chi connectivity index (χ0) is 18.0. The summed E-state index contributed by atoms with van der Waals surface area (Å²) in [5.41, 5.74) is 8.87. The number of nitrogens with two attached hydrogens (primary N) is 1. The number of nitrogens with zero attached hydrogens (tertiary/aromatic N) is 1. The Morgan fingerprint density at radius 3 is 2.40 bits per heavy atom. The third-order valence-electron chi connectivity index (χ3n) is 5.39. The highest BCUT2D eigenvalue weighted by atomic mass is 16.4. The molecule has 0 bridgehead atoms. The van der Waals surface area contributed by atoms with Gasteiger partial charge in [-0.2, -0.15) is 0 Å². The Balaban J connectivity index is 1.60. The molecule has 6 heteroatoms. The number of carboxylic acids is 1. The molecule has 1 aliphatic heterocycles. The second-order valence-corrected chi connectivity index (χ2v) is 7.05. The summed E-state index contributed by atoms with van der Waals surface area (Å²) in [6, 6.07) is 7.76. The number of rotatable bonds is 4. The average molecular weight is 341 g/mol. The molecule has 1 aromatic carbocycles. The highest BCUT2D eigenvalue weighted by molar-refractivity contribution is 5.95. The minimum atomic E-state index is -1.07. The van der Waals surface area contributed by atoms with Crippen molar-refractivity contribution in [2.45, 2.75) is 32.1 Å². The molecule has 0 unspecified atom stereocenters. The van der Waals surface area contributed by atoms with Crippen LogP contribution in [0, 0.1) is 10.8 Å². The van der Waals surface area contributed by atoms with Crippen LogP contribution in [-0.2, 0) is 9.59 Å². The van der Waals surface area contributed by atoms with Gasteiger partial charge in [0.15, 0.2) is 0 Å². The summed E-state index contributed by atoms with van der Waals surface area (Å²) in [7, 11) is 0. The number of piperidine rings is 1. The first-order chi connectivity index (χ1) is 11.9. The molecule has 1 saturated heterocycles. The third-order valence-corrected chi connectivity index (χ3v) is 5.39. The maximum Gasteiger partial charge on any atom is 0.312 e. The fraction of sp³-hybridized carbons (Fsp3) is 0.421. The van der Waals surface area contributed by atoms with Crippen molar-refractivity contribution in [3.05, 3.63) is 41.5 Å². The van der Waals surface area contributed by atoms with Crippen LogP contribution in [0.25, 0.3) is 5.57 Å². The van der Waals surface area contributed by atoms with Gasteiger partial charge < -0.3 is 15.7 Å². The predicted octanol–water partition coefficient (Wildman–Crippen LogP) is 2.23. The lowest BCUT2D eigenvalue weighted by molar-refractivity contribution is -0.145. The summed E-state index contributed by atoms with van der Waals surface area (Å²) in [5.74, 6) is -1.28. The maximum absolute atomic E-state index is 11.9. The van der Waals surface area contributed by atoms with E-state index in [9.17, 15) is 9.59 Å². The highest BCUT2D eigenvalue weighted by Crippen LogP contribution is 2.48. The molecule has 1 spiro atoms. The van der Waals surface area contributed by atoms with Gasteiger partial charge in [-0.25, -0.2) is 0 Å². The van der Waals surface area contributed by atoms with Gasteiger partial charge in [0.05, 0.1) is 0 Å². The van der Waals surface area contributed by atoms with E-state index in [0.717, 1.165) is 36.8 Å². The summed E-state index contributed by atoms with van der Waals surface area (Å²) >= 11 is 0. The zero-order valence-electron chi connectivity index (χ0n) is 14.1. The first-order valence-corrected chi connectivity index (χ1v) is 8.52. The molecule has 132 valence electrons. The number of hydrogen-bond acceptors (Lipinski definition) is 3. The number of likely N-dealkylation sites (tertiary alicyclic amines) is 1. The van der Waals surface area contributed by atoms with E-state index in [0.29, 0.717) is 13.1 Å². The van der Waals surface area contributed by atoms with Gasteiger partial charge in [0, 0.05) is 18.7 Å². The smallest absolute Gasteiger partial charge is 0.312 e. The molecule has 1 amide bonds. The van der Waals surface area contributed by atoms with Crippen LogP contribution in [0.4, 0.5) is 0 Å². The standard InChI is InChI=1S/C19H23N3O3/c20-18(21)14-3-1-13(2-4-14)15-5-6-19(12-15)7-9-22(10-8-19)16(23)11-17(24)25/h1-5H,6-12H2,(H3,20,21)(H,24,25). The molecule has 1 heterocycles. The van der Waals surface area contributed by atoms with Crippen molar-refractivity contribution in [3.63, 3.8) is 0 Å². The zero-order valence-corrected chi connectivity index (χ0v) is 14.1. The number of carbonyl (C=O) groups is 2. The second kappa shape index (κ2) is 6.70. The molecule has 1 aliphatic carbocycles. The minimum Gasteiger partial charge on any atom is -0.481 e. The molecule has 2 aliphatic rings. The van der Waals surface area contributed by atoms with Crippen LogP contribution in [0.2, 0.25) is 0 Å². The quantitative estimate of drug-likeness (QED) is 0.443. The SMILES string of the molecule is N=C(N)c1ccc(C2=CCC3(CCN(C(=O)CC(=O)O)CC3)C2)cc1. The lowest BCUT2D eigenvalue weighted by atomic mass is 9.75. The molecular formula is C19H23N3O3. The number of carboxylic acid groups (broad SMARTS) is 1. The molecule has 0 aromatic heterocycles. The van der Waals surface area contributed by atoms with Crippen molar-refractivity contribution >= 4 is 23.3 Å². The van der Waals surface area contributed by atoms with Crippen LogP contribution in [0.1, 0.15) is 43.2 Å². The van der Waals surface area contributed by atoms with Crippen molar-refractivity contribution in [1.82, 2.24) is 4.90 Å². The van der Waals surface area contributed by atoms with Crippen LogP contribution in [0.15, 0.2) is 30.3 Å². The number of amidine groups is 1.